The van der Waals surface area contributed by atoms with Crippen LogP contribution in [0.25, 0.3) is 0 Å². The molecule has 0 spiro atoms. The molecule has 1 amide bonds. The van der Waals surface area contributed by atoms with Gasteiger partial charge in [-0.05, 0) is 68.6 Å². The van der Waals surface area contributed by atoms with E-state index in [0.717, 1.165) is 24.8 Å². The molecule has 0 bridgehead atoms. The van der Waals surface area contributed by atoms with Crippen molar-refractivity contribution >= 4 is 5.91 Å². The monoisotopic (exact) mass is 410 g/mol. The number of carbonyl (C=O) groups is 1. The molecule has 1 aliphatic heterocycles. The van der Waals surface area contributed by atoms with E-state index in [4.69, 9.17) is 15.1 Å². The summed E-state index contributed by atoms with van der Waals surface area (Å²) in [4.78, 5) is 14.8. The number of rotatable bonds is 6. The first kappa shape index (κ1) is 20.0. The maximum Gasteiger partial charge on any atom is 0.257 e. The molecule has 156 valence electrons. The summed E-state index contributed by atoms with van der Waals surface area (Å²) < 4.78 is 25.2. The molecule has 0 aliphatic carbocycles. The van der Waals surface area contributed by atoms with Crippen LogP contribution in [0.15, 0.2) is 47.1 Å². The van der Waals surface area contributed by atoms with Crippen molar-refractivity contribution in [3.8, 4) is 11.5 Å². The molecule has 0 saturated carbocycles. The number of hydrogen-bond donors (Lipinski definition) is 1. The zero-order valence-corrected chi connectivity index (χ0v) is 16.7. The fraction of sp³-hybridized carbons (Fsp3) is 0.318. The maximum absolute atomic E-state index is 14.5. The average molecular weight is 410 g/mol. The third kappa shape index (κ3) is 4.04. The second-order valence-electron chi connectivity index (χ2n) is 7.32. The number of ether oxygens (including phenoxy) is 1. The summed E-state index contributed by atoms with van der Waals surface area (Å²) >= 11 is 0. The summed E-state index contributed by atoms with van der Waals surface area (Å²) in [6, 6.07) is 11.4. The molecule has 3 aromatic rings. The van der Waals surface area contributed by atoms with E-state index in [9.17, 15) is 9.18 Å². The van der Waals surface area contributed by atoms with Gasteiger partial charge < -0.3 is 15.4 Å². The molecule has 2 aromatic carbocycles. The van der Waals surface area contributed by atoms with Gasteiger partial charge in [0.15, 0.2) is 0 Å². The van der Waals surface area contributed by atoms with E-state index in [1.807, 2.05) is 24.3 Å². The Kier molecular flexibility index (Phi) is 5.76. The van der Waals surface area contributed by atoms with Crippen LogP contribution < -0.4 is 10.5 Å². The number of halogens is 1. The number of nitrogens with zero attached hydrogens (tertiary/aromatic N) is 3. The molecule has 1 aliphatic rings. The summed E-state index contributed by atoms with van der Waals surface area (Å²) in [5.41, 5.74) is 7.89. The van der Waals surface area contributed by atoms with Gasteiger partial charge in [0.2, 0.25) is 0 Å². The number of aryl methyl sites for hydroxylation is 1. The molecule has 1 unspecified atom stereocenters. The first-order valence-electron chi connectivity index (χ1n) is 9.93. The first-order valence-corrected chi connectivity index (χ1v) is 9.93. The van der Waals surface area contributed by atoms with Crippen LogP contribution in [0.1, 0.15) is 46.2 Å². The Labute approximate surface area is 173 Å². The fourth-order valence-corrected chi connectivity index (χ4v) is 3.75. The summed E-state index contributed by atoms with van der Waals surface area (Å²) in [5.74, 6) is -0.00193. The van der Waals surface area contributed by atoms with Crippen LogP contribution >= 0.6 is 0 Å². The van der Waals surface area contributed by atoms with E-state index >= 15 is 0 Å². The highest BCUT2D eigenvalue weighted by Crippen LogP contribution is 2.34. The highest BCUT2D eigenvalue weighted by atomic mass is 19.1. The van der Waals surface area contributed by atoms with Crippen LogP contribution in [0.4, 0.5) is 4.39 Å². The Morgan fingerprint density at radius 3 is 2.70 bits per heavy atom. The number of nitrogens with two attached hydrogens (primary N) is 1. The highest BCUT2D eigenvalue weighted by molar-refractivity contribution is 5.95. The molecule has 8 heteroatoms. The van der Waals surface area contributed by atoms with Gasteiger partial charge in [0.1, 0.15) is 28.7 Å². The van der Waals surface area contributed by atoms with E-state index in [-0.39, 0.29) is 11.6 Å². The molecular weight excluding hydrogens is 387 g/mol. The molecule has 4 rings (SSSR count). The van der Waals surface area contributed by atoms with Crippen LogP contribution in [-0.4, -0.2) is 34.2 Å². The van der Waals surface area contributed by atoms with Gasteiger partial charge in [0.25, 0.3) is 5.91 Å². The van der Waals surface area contributed by atoms with Crippen molar-refractivity contribution in [3.05, 3.63) is 70.8 Å². The lowest BCUT2D eigenvalue weighted by Crippen LogP contribution is -2.31. The van der Waals surface area contributed by atoms with Gasteiger partial charge >= 0.3 is 0 Å². The van der Waals surface area contributed by atoms with E-state index < -0.39 is 11.7 Å². The molecule has 1 aromatic heterocycles. The van der Waals surface area contributed by atoms with Crippen molar-refractivity contribution in [3.63, 3.8) is 0 Å². The van der Waals surface area contributed by atoms with Crippen molar-refractivity contribution in [1.82, 2.24) is 15.2 Å². The van der Waals surface area contributed by atoms with Crippen LogP contribution in [0, 0.1) is 12.7 Å². The topological polar surface area (TPSA) is 94.5 Å². The van der Waals surface area contributed by atoms with Gasteiger partial charge in [-0.25, -0.2) is 9.02 Å². The molecule has 2 N–H and O–H groups in total. The molecule has 1 saturated heterocycles. The quantitative estimate of drug-likeness (QED) is 0.664. The standard InChI is InChI=1S/C22H23FN4O3/c1-14-21(26-30-25-14)20-3-2-12-27(20)22(28)18-13-17(8-9-19(18)23)29-16-6-4-15(5-7-16)10-11-24/h4-9,13,20H,2-3,10-12,24H2,1H3. The number of likely N-dealkylation sites (tertiary alicyclic amines) is 1. The lowest BCUT2D eigenvalue weighted by Gasteiger charge is -2.23. The summed E-state index contributed by atoms with van der Waals surface area (Å²) in [6.07, 6.45) is 2.32. The number of carbonyl (C=O) groups excluding carboxylic acids is 1. The molecule has 30 heavy (non-hydrogen) atoms. The van der Waals surface area contributed by atoms with Crippen molar-refractivity contribution in [2.75, 3.05) is 13.1 Å². The molecular formula is C22H23FN4O3. The number of amides is 1. The normalized spacial score (nSPS) is 16.1. The van der Waals surface area contributed by atoms with E-state index in [1.54, 1.807) is 11.8 Å². The number of aromatic nitrogens is 2. The van der Waals surface area contributed by atoms with Gasteiger partial charge in [-0.3, -0.25) is 4.79 Å². The predicted molar refractivity (Wildman–Crippen MR) is 108 cm³/mol. The minimum absolute atomic E-state index is 0.0340. The second kappa shape index (κ2) is 8.62. The molecule has 2 heterocycles. The van der Waals surface area contributed by atoms with Crippen molar-refractivity contribution in [2.45, 2.75) is 32.2 Å². The highest BCUT2D eigenvalue weighted by Gasteiger charge is 2.35. The smallest absolute Gasteiger partial charge is 0.257 e. The molecule has 1 atom stereocenters. The van der Waals surface area contributed by atoms with E-state index in [0.29, 0.717) is 36.0 Å². The lowest BCUT2D eigenvalue weighted by molar-refractivity contribution is 0.0725. The zero-order valence-electron chi connectivity index (χ0n) is 16.7. The van der Waals surface area contributed by atoms with Crippen molar-refractivity contribution in [1.29, 1.82) is 0 Å². The Balaban J connectivity index is 1.55. The minimum atomic E-state index is -0.591. The predicted octanol–water partition coefficient (Wildman–Crippen LogP) is 3.79. The average Bonchev–Trinajstić information content (AvgIpc) is 3.39. The third-order valence-corrected chi connectivity index (χ3v) is 5.28. The first-order chi connectivity index (χ1) is 14.6. The molecule has 1 fully saturated rings. The largest absolute Gasteiger partial charge is 0.457 e. The molecule has 7 nitrogen and oxygen atoms in total. The van der Waals surface area contributed by atoms with Gasteiger partial charge in [-0.1, -0.05) is 22.4 Å². The fourth-order valence-electron chi connectivity index (χ4n) is 3.75. The third-order valence-electron chi connectivity index (χ3n) is 5.28. The Morgan fingerprint density at radius 1 is 1.23 bits per heavy atom. The zero-order chi connectivity index (χ0) is 21.1. The summed E-state index contributed by atoms with van der Waals surface area (Å²) in [6.45, 7) is 2.87. The van der Waals surface area contributed by atoms with Gasteiger partial charge in [-0.2, -0.15) is 0 Å². The minimum Gasteiger partial charge on any atom is -0.457 e. The van der Waals surface area contributed by atoms with Gasteiger partial charge in [0.05, 0.1) is 11.6 Å². The van der Waals surface area contributed by atoms with Crippen LogP contribution in [0.3, 0.4) is 0 Å². The molecule has 0 radical (unpaired) electrons. The van der Waals surface area contributed by atoms with Gasteiger partial charge in [-0.15, -0.1) is 0 Å². The Morgan fingerprint density at radius 2 is 2.00 bits per heavy atom. The van der Waals surface area contributed by atoms with Crippen LogP contribution in [0.5, 0.6) is 11.5 Å². The second-order valence-corrected chi connectivity index (χ2v) is 7.32. The summed E-state index contributed by atoms with van der Waals surface area (Å²) in [5, 5.41) is 7.73. The summed E-state index contributed by atoms with van der Waals surface area (Å²) in [7, 11) is 0. The van der Waals surface area contributed by atoms with Crippen LogP contribution in [0.2, 0.25) is 0 Å². The van der Waals surface area contributed by atoms with Crippen LogP contribution in [-0.2, 0) is 6.42 Å². The van der Waals surface area contributed by atoms with Crippen molar-refractivity contribution in [2.24, 2.45) is 5.73 Å². The Bertz CT molecular complexity index is 1040. The number of benzene rings is 2. The SMILES string of the molecule is Cc1nonc1C1CCCN1C(=O)c1cc(Oc2ccc(CCN)cc2)ccc1F. The number of hydrogen-bond acceptors (Lipinski definition) is 6. The van der Waals surface area contributed by atoms with E-state index in [1.165, 1.54) is 18.2 Å². The van der Waals surface area contributed by atoms with Gasteiger partial charge in [0, 0.05) is 6.54 Å². The maximum atomic E-state index is 14.5. The van der Waals surface area contributed by atoms with Crippen molar-refractivity contribution < 1.29 is 18.6 Å². The lowest BCUT2D eigenvalue weighted by atomic mass is 10.1. The Hall–Kier alpha value is -3.26. The van der Waals surface area contributed by atoms with E-state index in [2.05, 4.69) is 10.3 Å².